The van der Waals surface area contributed by atoms with Crippen molar-refractivity contribution < 1.29 is 9.59 Å². The maximum absolute atomic E-state index is 12.0. The molecule has 2 aliphatic rings. The highest BCUT2D eigenvalue weighted by Crippen LogP contribution is 2.22. The molecule has 1 fully saturated rings. The van der Waals surface area contributed by atoms with E-state index in [4.69, 9.17) is 0 Å². The number of rotatable bonds is 3. The molecule has 0 aromatic carbocycles. The van der Waals surface area contributed by atoms with E-state index in [9.17, 15) is 9.59 Å². The predicted molar refractivity (Wildman–Crippen MR) is 66.8 cm³/mol. The lowest BCUT2D eigenvalue weighted by molar-refractivity contribution is -0.130. The lowest BCUT2D eigenvalue weighted by Crippen LogP contribution is -2.43. The van der Waals surface area contributed by atoms with Crippen LogP contribution in [0, 0.1) is 0 Å². The predicted octanol–water partition coefficient (Wildman–Crippen LogP) is 0.372. The molecule has 92 valence electrons. The molecule has 0 aromatic rings. The molecular formula is C11H15N3O2S. The van der Waals surface area contributed by atoms with Crippen LogP contribution < -0.4 is 10.6 Å². The Morgan fingerprint density at radius 3 is 2.88 bits per heavy atom. The Morgan fingerprint density at radius 2 is 2.24 bits per heavy atom. The third-order valence-corrected chi connectivity index (χ3v) is 3.66. The van der Waals surface area contributed by atoms with Crippen LogP contribution in [-0.4, -0.2) is 35.2 Å². The fraction of sp³-hybridized carbons (Fsp3) is 0.455. The molecule has 0 saturated carbocycles. The quantitative estimate of drug-likeness (QED) is 0.714. The molecule has 6 heteroatoms. The minimum Gasteiger partial charge on any atom is -0.351 e. The fourth-order valence-electron chi connectivity index (χ4n) is 1.82. The van der Waals surface area contributed by atoms with E-state index in [-0.39, 0.29) is 17.2 Å². The van der Waals surface area contributed by atoms with Gasteiger partial charge in [0.2, 0.25) is 5.91 Å². The second-order valence-electron chi connectivity index (χ2n) is 3.92. The van der Waals surface area contributed by atoms with Crippen molar-refractivity contribution in [2.75, 3.05) is 13.1 Å². The first-order valence-corrected chi connectivity index (χ1v) is 6.49. The largest absolute Gasteiger partial charge is 0.351 e. The fourth-order valence-corrected chi connectivity index (χ4v) is 2.68. The first kappa shape index (κ1) is 12.0. The highest BCUT2D eigenvalue weighted by atomic mass is 32.2. The number of nitrogens with one attached hydrogen (secondary N) is 2. The van der Waals surface area contributed by atoms with Gasteiger partial charge in [-0.15, -0.1) is 0 Å². The number of hydrogen-bond donors (Lipinski definition) is 2. The van der Waals surface area contributed by atoms with E-state index in [1.54, 1.807) is 5.41 Å². The summed E-state index contributed by atoms with van der Waals surface area (Å²) >= 11 is 1.38. The first-order chi connectivity index (χ1) is 8.20. The highest BCUT2D eigenvalue weighted by Gasteiger charge is 2.30. The molecular weight excluding hydrogens is 238 g/mol. The van der Waals surface area contributed by atoms with Crippen molar-refractivity contribution in [2.24, 2.45) is 0 Å². The molecule has 2 amide bonds. The number of likely N-dealkylation sites (tertiary alicyclic amines) is 1. The van der Waals surface area contributed by atoms with E-state index < -0.39 is 0 Å². The average Bonchev–Trinajstić information content (AvgIpc) is 2.98. The van der Waals surface area contributed by atoms with Crippen LogP contribution in [0.3, 0.4) is 0 Å². The Morgan fingerprint density at radius 1 is 1.53 bits per heavy atom. The summed E-state index contributed by atoms with van der Waals surface area (Å²) in [5.74, 6) is 0.377. The van der Waals surface area contributed by atoms with Crippen LogP contribution in [-0.2, 0) is 9.59 Å². The number of carbonyl (C=O) groups excluding carboxylic acids is 2. The Hall–Kier alpha value is -1.43. The summed E-state index contributed by atoms with van der Waals surface area (Å²) in [6.07, 6.45) is 3.36. The van der Waals surface area contributed by atoms with Crippen molar-refractivity contribution in [1.29, 1.82) is 0 Å². The zero-order valence-corrected chi connectivity index (χ0v) is 10.3. The maximum atomic E-state index is 12.0. The normalized spacial score (nSPS) is 22.9. The number of nitrogens with zero attached hydrogens (tertiary/aromatic N) is 1. The van der Waals surface area contributed by atoms with E-state index in [0.29, 0.717) is 5.82 Å². The van der Waals surface area contributed by atoms with Gasteiger partial charge < -0.3 is 15.5 Å². The minimum atomic E-state index is -0.312. The Labute approximate surface area is 104 Å². The van der Waals surface area contributed by atoms with Crippen molar-refractivity contribution in [3.63, 3.8) is 0 Å². The van der Waals surface area contributed by atoms with E-state index in [1.165, 1.54) is 17.8 Å². The molecule has 2 N–H and O–H groups in total. The van der Waals surface area contributed by atoms with Crippen molar-refractivity contribution >= 4 is 23.6 Å². The highest BCUT2D eigenvalue weighted by molar-refractivity contribution is 8.03. The van der Waals surface area contributed by atoms with Crippen molar-refractivity contribution in [3.05, 3.63) is 23.9 Å². The van der Waals surface area contributed by atoms with E-state index in [2.05, 4.69) is 17.2 Å². The zero-order valence-electron chi connectivity index (χ0n) is 9.44. The van der Waals surface area contributed by atoms with Crippen LogP contribution in [0.1, 0.15) is 12.8 Å². The van der Waals surface area contributed by atoms with Crippen LogP contribution in [0.15, 0.2) is 23.9 Å². The summed E-state index contributed by atoms with van der Waals surface area (Å²) in [5, 5.41) is 7.03. The molecule has 0 aromatic heterocycles. The van der Waals surface area contributed by atoms with Gasteiger partial charge in [-0.3, -0.25) is 9.59 Å². The monoisotopic (exact) mass is 253 g/mol. The van der Waals surface area contributed by atoms with Crippen molar-refractivity contribution in [1.82, 2.24) is 15.5 Å². The van der Waals surface area contributed by atoms with Crippen molar-refractivity contribution in [2.45, 2.75) is 18.2 Å². The summed E-state index contributed by atoms with van der Waals surface area (Å²) in [6.45, 7) is 5.05. The zero-order chi connectivity index (χ0) is 12.3. The van der Waals surface area contributed by atoms with Crippen LogP contribution in [0.25, 0.3) is 0 Å². The summed E-state index contributed by atoms with van der Waals surface area (Å²) < 4.78 is 0. The van der Waals surface area contributed by atoms with E-state index >= 15 is 0 Å². The second-order valence-corrected chi connectivity index (χ2v) is 4.90. The molecule has 2 heterocycles. The van der Waals surface area contributed by atoms with Crippen LogP contribution in [0.2, 0.25) is 0 Å². The average molecular weight is 253 g/mol. The third-order valence-electron chi connectivity index (χ3n) is 2.69. The Kier molecular flexibility index (Phi) is 3.73. The summed E-state index contributed by atoms with van der Waals surface area (Å²) in [4.78, 5) is 25.0. The number of amides is 2. The van der Waals surface area contributed by atoms with Crippen molar-refractivity contribution in [3.8, 4) is 0 Å². The van der Waals surface area contributed by atoms with Gasteiger partial charge >= 0.3 is 0 Å². The molecule has 0 radical (unpaired) electrons. The summed E-state index contributed by atoms with van der Waals surface area (Å²) in [5.41, 5.74) is 0. The minimum absolute atomic E-state index is 0.0894. The van der Waals surface area contributed by atoms with Crippen LogP contribution in [0.5, 0.6) is 0 Å². The number of hydrogen-bond acceptors (Lipinski definition) is 4. The molecule has 17 heavy (non-hydrogen) atoms. The topological polar surface area (TPSA) is 61.4 Å². The second kappa shape index (κ2) is 5.27. The SMILES string of the molecule is C=CC(=O)NC1=CSC(C(=O)N2CCCC2)N1. The van der Waals surface area contributed by atoms with Gasteiger partial charge in [0.25, 0.3) is 5.91 Å². The summed E-state index contributed by atoms with van der Waals surface area (Å²) in [7, 11) is 0. The van der Waals surface area contributed by atoms with Gasteiger partial charge in [-0.25, -0.2) is 0 Å². The third kappa shape index (κ3) is 2.82. The lowest BCUT2D eigenvalue weighted by Gasteiger charge is -2.20. The van der Waals surface area contributed by atoms with E-state index in [0.717, 1.165) is 25.9 Å². The van der Waals surface area contributed by atoms with E-state index in [1.807, 2.05) is 4.90 Å². The molecule has 0 bridgehead atoms. The molecule has 0 aliphatic carbocycles. The van der Waals surface area contributed by atoms with Gasteiger partial charge in [0.1, 0.15) is 5.82 Å². The standard InChI is InChI=1S/C11H15N3O2S/c1-2-9(15)12-8-7-17-10(13-8)11(16)14-5-3-4-6-14/h2,7,10,13H,1,3-6H2,(H,12,15). The molecule has 0 spiro atoms. The number of carbonyl (C=O) groups is 2. The molecule has 1 atom stereocenters. The molecule has 5 nitrogen and oxygen atoms in total. The molecule has 1 saturated heterocycles. The van der Waals surface area contributed by atoms with Gasteiger partial charge in [-0.05, 0) is 18.9 Å². The first-order valence-electron chi connectivity index (χ1n) is 5.55. The van der Waals surface area contributed by atoms with Crippen LogP contribution in [0.4, 0.5) is 0 Å². The molecule has 2 rings (SSSR count). The summed E-state index contributed by atoms with van der Waals surface area (Å²) in [6, 6.07) is 0. The molecule has 1 unspecified atom stereocenters. The molecule has 2 aliphatic heterocycles. The smallest absolute Gasteiger partial charge is 0.255 e. The lowest BCUT2D eigenvalue weighted by atomic mass is 10.4. The Balaban J connectivity index is 1.85. The maximum Gasteiger partial charge on any atom is 0.255 e. The van der Waals surface area contributed by atoms with Crippen LogP contribution >= 0.6 is 11.8 Å². The van der Waals surface area contributed by atoms with Gasteiger partial charge in [-0.2, -0.15) is 0 Å². The van der Waals surface area contributed by atoms with Gasteiger partial charge in [0.15, 0.2) is 5.37 Å². The van der Waals surface area contributed by atoms with Gasteiger partial charge in [-0.1, -0.05) is 18.3 Å². The Bertz CT molecular complexity index is 375. The van der Waals surface area contributed by atoms with Gasteiger partial charge in [0.05, 0.1) is 0 Å². The van der Waals surface area contributed by atoms with Gasteiger partial charge in [0, 0.05) is 18.5 Å². The number of thioether (sulfide) groups is 1.